The Labute approximate surface area is 178 Å². The molecule has 0 aliphatic heterocycles. The Balaban J connectivity index is 0.00000192. The van der Waals surface area contributed by atoms with Crippen molar-refractivity contribution >= 4 is 23.8 Å². The van der Waals surface area contributed by atoms with E-state index in [1.807, 2.05) is 0 Å². The van der Waals surface area contributed by atoms with Crippen molar-refractivity contribution < 1.29 is 45.2 Å². The molecule has 3 aromatic carbocycles. The molecule has 0 unspecified atom stereocenters. The summed E-state index contributed by atoms with van der Waals surface area (Å²) in [5.41, 5.74) is 4.13. The van der Waals surface area contributed by atoms with Gasteiger partial charge in [-0.15, -0.1) is 0 Å². The van der Waals surface area contributed by atoms with Gasteiger partial charge in [-0.25, -0.2) is 0 Å². The summed E-state index contributed by atoms with van der Waals surface area (Å²) in [7, 11) is -0.508. The molecule has 0 heterocycles. The number of halogens is 2. The van der Waals surface area contributed by atoms with E-state index in [1.54, 1.807) is 0 Å². The number of hydrogen-bond donors (Lipinski definition) is 0. The van der Waals surface area contributed by atoms with Gasteiger partial charge < -0.3 is 24.8 Å². The minimum absolute atomic E-state index is 0. The van der Waals surface area contributed by atoms with Crippen LogP contribution in [0.1, 0.15) is 16.7 Å². The summed E-state index contributed by atoms with van der Waals surface area (Å²) in [6.45, 7) is 6.67. The molecule has 0 aromatic heterocycles. The second-order valence-electron chi connectivity index (χ2n) is 5.69. The van der Waals surface area contributed by atoms with E-state index in [2.05, 4.69) is 93.6 Å². The molecule has 3 aromatic rings. The Morgan fingerprint density at radius 1 is 0.480 bits per heavy atom. The zero-order valence-electron chi connectivity index (χ0n) is 14.4. The van der Waals surface area contributed by atoms with E-state index in [9.17, 15) is 0 Å². The largest absolute Gasteiger partial charge is 2.00 e. The summed E-state index contributed by atoms with van der Waals surface area (Å²) >= 11 is 0. The monoisotopic (exact) mass is 480 g/mol. The van der Waals surface area contributed by atoms with Crippen molar-refractivity contribution in [2.24, 2.45) is 0 Å². The Morgan fingerprint density at radius 3 is 0.960 bits per heavy atom. The van der Waals surface area contributed by atoms with E-state index in [4.69, 9.17) is 0 Å². The average Bonchev–Trinajstić information content (AvgIpc) is 2.53. The van der Waals surface area contributed by atoms with Crippen molar-refractivity contribution in [2.75, 3.05) is 0 Å². The fraction of sp³-hybridized carbons (Fsp3) is 0.143. The second kappa shape index (κ2) is 11.1. The van der Waals surface area contributed by atoms with Crippen LogP contribution in [0.4, 0.5) is 0 Å². The fourth-order valence-electron chi connectivity index (χ4n) is 2.83. The number of hydrogen-bond acceptors (Lipinski definition) is 0. The van der Waals surface area contributed by atoms with Crippen molar-refractivity contribution in [3.8, 4) is 0 Å². The van der Waals surface area contributed by atoms with Gasteiger partial charge in [0.25, 0.3) is 0 Å². The predicted molar refractivity (Wildman–Crippen MR) is 99.4 cm³/mol. The van der Waals surface area contributed by atoms with Crippen molar-refractivity contribution in [1.29, 1.82) is 0 Å². The van der Waals surface area contributed by atoms with Gasteiger partial charge in [-0.1, -0.05) is 72.8 Å². The van der Waals surface area contributed by atoms with Crippen LogP contribution in [0.5, 0.6) is 0 Å². The first kappa shape index (κ1) is 24.3. The minimum atomic E-state index is -0.508. The van der Waals surface area contributed by atoms with Crippen LogP contribution in [-0.2, 0) is 20.4 Å². The van der Waals surface area contributed by atoms with Crippen LogP contribution in [0.2, 0.25) is 0 Å². The van der Waals surface area contributed by atoms with Gasteiger partial charge in [-0.05, 0) is 61.3 Å². The van der Waals surface area contributed by atoms with Crippen molar-refractivity contribution in [2.45, 2.75) is 20.8 Å². The quantitative estimate of drug-likeness (QED) is 0.312. The topological polar surface area (TPSA) is 0 Å². The molecule has 0 aliphatic rings. The molecule has 25 heavy (non-hydrogen) atoms. The molecule has 0 bridgehead atoms. The van der Waals surface area contributed by atoms with Gasteiger partial charge >= 0.3 is 20.4 Å². The SMILES string of the molecule is Cc1ccccc1P(c1ccccc1C)c1ccccc1C.[Cl-].[Cl-].[Pd+2]. The molecule has 0 saturated carbocycles. The van der Waals surface area contributed by atoms with Gasteiger partial charge in [0, 0.05) is 0 Å². The maximum absolute atomic E-state index is 2.29. The minimum Gasteiger partial charge on any atom is -1.00 e. The molecule has 0 saturated heterocycles. The molecular weight excluding hydrogens is 461 g/mol. The van der Waals surface area contributed by atoms with E-state index in [-0.39, 0.29) is 45.2 Å². The Kier molecular flexibility index (Phi) is 10.8. The van der Waals surface area contributed by atoms with Crippen LogP contribution in [0, 0.1) is 20.8 Å². The molecule has 0 N–H and O–H groups in total. The second-order valence-corrected chi connectivity index (χ2v) is 7.81. The summed E-state index contributed by atoms with van der Waals surface area (Å²) in [6.07, 6.45) is 0. The molecule has 0 spiro atoms. The molecule has 134 valence electrons. The molecule has 0 aliphatic carbocycles. The summed E-state index contributed by atoms with van der Waals surface area (Å²) in [6, 6.07) is 26.4. The molecule has 0 atom stereocenters. The number of aryl methyl sites for hydroxylation is 3. The average molecular weight is 482 g/mol. The zero-order valence-corrected chi connectivity index (χ0v) is 18.4. The van der Waals surface area contributed by atoms with Crippen LogP contribution in [0.25, 0.3) is 0 Å². The molecule has 0 amide bonds. The van der Waals surface area contributed by atoms with Crippen LogP contribution in [-0.4, -0.2) is 0 Å². The van der Waals surface area contributed by atoms with Gasteiger partial charge in [0.2, 0.25) is 0 Å². The molecule has 0 fully saturated rings. The number of rotatable bonds is 3. The van der Waals surface area contributed by atoms with Gasteiger partial charge in [0.05, 0.1) is 0 Å². The van der Waals surface area contributed by atoms with E-state index >= 15 is 0 Å². The first-order valence-corrected chi connectivity index (χ1v) is 8.99. The molecule has 4 heteroatoms. The van der Waals surface area contributed by atoms with Gasteiger partial charge in [-0.2, -0.15) is 0 Å². The molecular formula is C21H21Cl2PPd. The molecule has 3 rings (SSSR count). The third-order valence-electron chi connectivity index (χ3n) is 4.07. The summed E-state index contributed by atoms with van der Waals surface area (Å²) in [5, 5.41) is 4.38. The van der Waals surface area contributed by atoms with Crippen LogP contribution < -0.4 is 40.7 Å². The first-order chi connectivity index (χ1) is 10.7. The van der Waals surface area contributed by atoms with Gasteiger partial charge in [0.1, 0.15) is 0 Å². The van der Waals surface area contributed by atoms with Crippen molar-refractivity contribution in [3.05, 3.63) is 89.5 Å². The maximum atomic E-state index is 2.29. The predicted octanol–water partition coefficient (Wildman–Crippen LogP) is -1.62. The van der Waals surface area contributed by atoms with Crippen LogP contribution >= 0.6 is 7.92 Å². The Bertz CT molecular complexity index is 697. The van der Waals surface area contributed by atoms with E-state index < -0.39 is 7.92 Å². The Hall–Kier alpha value is -0.668. The zero-order chi connectivity index (χ0) is 15.5. The maximum Gasteiger partial charge on any atom is 2.00 e. The molecule has 0 radical (unpaired) electrons. The summed E-state index contributed by atoms with van der Waals surface area (Å²) < 4.78 is 0. The van der Waals surface area contributed by atoms with Gasteiger partial charge in [0.15, 0.2) is 0 Å². The van der Waals surface area contributed by atoms with Gasteiger partial charge in [-0.3, -0.25) is 0 Å². The normalized spacial score (nSPS) is 9.60. The van der Waals surface area contributed by atoms with Crippen LogP contribution in [0.15, 0.2) is 72.8 Å². The van der Waals surface area contributed by atoms with E-state index in [0.717, 1.165) is 0 Å². The third kappa shape index (κ3) is 5.40. The number of benzene rings is 3. The van der Waals surface area contributed by atoms with Crippen LogP contribution in [0.3, 0.4) is 0 Å². The fourth-order valence-corrected chi connectivity index (χ4v) is 5.60. The first-order valence-electron chi connectivity index (χ1n) is 7.65. The van der Waals surface area contributed by atoms with E-state index in [0.29, 0.717) is 0 Å². The standard InChI is InChI=1S/C21H21P.2ClH.Pd/c1-16-10-4-7-13-19(16)22(20-14-8-5-11-17(20)2)21-15-9-6-12-18(21)3;;;/h4-15H,1-3H3;2*1H;/q;;;+2/p-2. The molecule has 0 nitrogen and oxygen atoms in total. The third-order valence-corrected chi connectivity index (χ3v) is 7.02. The smallest absolute Gasteiger partial charge is 1.00 e. The summed E-state index contributed by atoms with van der Waals surface area (Å²) in [4.78, 5) is 0. The van der Waals surface area contributed by atoms with Crippen molar-refractivity contribution in [3.63, 3.8) is 0 Å². The summed E-state index contributed by atoms with van der Waals surface area (Å²) in [5.74, 6) is 0. The Morgan fingerprint density at radius 2 is 0.720 bits per heavy atom. The van der Waals surface area contributed by atoms with E-state index in [1.165, 1.54) is 32.6 Å². The van der Waals surface area contributed by atoms with Crippen molar-refractivity contribution in [1.82, 2.24) is 0 Å².